The fourth-order valence-corrected chi connectivity index (χ4v) is 3.25. The van der Waals surface area contributed by atoms with Crippen molar-refractivity contribution in [3.63, 3.8) is 0 Å². The minimum Gasteiger partial charge on any atom is -0.345 e. The molecule has 1 aromatic rings. The molecule has 6 heteroatoms. The summed E-state index contributed by atoms with van der Waals surface area (Å²) in [7, 11) is 0. The maximum atomic E-state index is 12.5. The number of nitrogens with one attached hydrogen (secondary N) is 1. The second-order valence-electron chi connectivity index (χ2n) is 5.66. The van der Waals surface area contributed by atoms with Crippen molar-refractivity contribution in [1.29, 1.82) is 0 Å². The first-order chi connectivity index (χ1) is 9.99. The van der Waals surface area contributed by atoms with Crippen LogP contribution >= 0.6 is 11.6 Å². The number of para-hydroxylation sites is 1. The molecule has 0 aromatic heterocycles. The zero-order chi connectivity index (χ0) is 15.5. The number of hydrogen-bond donors (Lipinski definition) is 1. The minimum absolute atomic E-state index is 0.107. The molecule has 0 atom stereocenters. The zero-order valence-electron chi connectivity index (χ0n) is 12.0. The SMILES string of the molecule is Cc1cccc(C(=O)NC2(CCl)CCCCC2)c1[N+](=O)[O-]. The fraction of sp³-hybridized carbons (Fsp3) is 0.533. The molecule has 1 amide bonds. The summed E-state index contributed by atoms with van der Waals surface area (Å²) < 4.78 is 0. The Balaban J connectivity index is 2.28. The summed E-state index contributed by atoms with van der Waals surface area (Å²) in [6.07, 6.45) is 4.81. The summed E-state index contributed by atoms with van der Waals surface area (Å²) in [6, 6.07) is 4.78. The summed E-state index contributed by atoms with van der Waals surface area (Å²) in [5.41, 5.74) is 0.0240. The average molecular weight is 311 g/mol. The lowest BCUT2D eigenvalue weighted by molar-refractivity contribution is -0.385. The van der Waals surface area contributed by atoms with Gasteiger partial charge in [0.05, 0.1) is 10.5 Å². The molecule has 5 nitrogen and oxygen atoms in total. The van der Waals surface area contributed by atoms with E-state index in [1.807, 2.05) is 0 Å². The second kappa shape index (κ2) is 6.43. The first kappa shape index (κ1) is 15.8. The number of alkyl halides is 1. The molecule has 2 rings (SSSR count). The van der Waals surface area contributed by atoms with Gasteiger partial charge in [0.25, 0.3) is 11.6 Å². The van der Waals surface area contributed by atoms with Crippen molar-refractivity contribution in [3.8, 4) is 0 Å². The van der Waals surface area contributed by atoms with Crippen LogP contribution in [0.3, 0.4) is 0 Å². The molecule has 1 saturated carbocycles. The molecule has 1 aliphatic rings. The number of nitro groups is 1. The Kier molecular flexibility index (Phi) is 4.83. The topological polar surface area (TPSA) is 72.2 Å². The van der Waals surface area contributed by atoms with E-state index in [0.29, 0.717) is 11.4 Å². The first-order valence-electron chi connectivity index (χ1n) is 7.11. The minimum atomic E-state index is -0.502. The monoisotopic (exact) mass is 310 g/mol. The van der Waals surface area contributed by atoms with E-state index in [-0.39, 0.29) is 11.3 Å². The Hall–Kier alpha value is -1.62. The van der Waals surface area contributed by atoms with E-state index in [1.54, 1.807) is 19.1 Å². The first-order valence-corrected chi connectivity index (χ1v) is 7.65. The van der Waals surface area contributed by atoms with Gasteiger partial charge in [-0.15, -0.1) is 11.6 Å². The highest BCUT2D eigenvalue weighted by Crippen LogP contribution is 2.31. The Bertz CT molecular complexity index is 554. The maximum absolute atomic E-state index is 12.5. The largest absolute Gasteiger partial charge is 0.345 e. The molecule has 114 valence electrons. The van der Waals surface area contributed by atoms with Gasteiger partial charge in [0, 0.05) is 11.4 Å². The second-order valence-corrected chi connectivity index (χ2v) is 5.92. The number of nitrogens with zero attached hydrogens (tertiary/aromatic N) is 1. The molecule has 1 aromatic carbocycles. The van der Waals surface area contributed by atoms with Gasteiger partial charge >= 0.3 is 0 Å². The van der Waals surface area contributed by atoms with Crippen molar-refractivity contribution in [2.45, 2.75) is 44.6 Å². The molecular formula is C15H19ClN2O3. The van der Waals surface area contributed by atoms with E-state index in [1.165, 1.54) is 6.07 Å². The van der Waals surface area contributed by atoms with Gasteiger partial charge < -0.3 is 5.32 Å². The molecule has 0 saturated heterocycles. The number of aryl methyl sites for hydroxylation is 1. The van der Waals surface area contributed by atoms with Crippen molar-refractivity contribution in [2.75, 3.05) is 5.88 Å². The van der Waals surface area contributed by atoms with Gasteiger partial charge in [-0.25, -0.2) is 0 Å². The van der Waals surface area contributed by atoms with Gasteiger partial charge in [-0.2, -0.15) is 0 Å². The Morgan fingerprint density at radius 1 is 1.38 bits per heavy atom. The molecular weight excluding hydrogens is 292 g/mol. The summed E-state index contributed by atoms with van der Waals surface area (Å²) >= 11 is 6.05. The van der Waals surface area contributed by atoms with Crippen molar-refractivity contribution in [2.24, 2.45) is 0 Å². The third-order valence-electron chi connectivity index (χ3n) is 4.11. The van der Waals surface area contributed by atoms with E-state index < -0.39 is 16.4 Å². The van der Waals surface area contributed by atoms with Gasteiger partial charge in [0.15, 0.2) is 0 Å². The highest BCUT2D eigenvalue weighted by atomic mass is 35.5. The van der Waals surface area contributed by atoms with E-state index in [0.717, 1.165) is 32.1 Å². The van der Waals surface area contributed by atoms with Crippen molar-refractivity contribution in [1.82, 2.24) is 5.32 Å². The predicted octanol–water partition coefficient (Wildman–Crippen LogP) is 3.57. The lowest BCUT2D eigenvalue weighted by Crippen LogP contribution is -2.51. The number of nitro benzene ring substituents is 1. The summed E-state index contributed by atoms with van der Waals surface area (Å²) in [4.78, 5) is 23.2. The fourth-order valence-electron chi connectivity index (χ4n) is 2.91. The third kappa shape index (κ3) is 3.35. The normalized spacial score (nSPS) is 17.2. The van der Waals surface area contributed by atoms with Crippen LogP contribution in [-0.4, -0.2) is 22.2 Å². The van der Waals surface area contributed by atoms with Crippen LogP contribution in [0.4, 0.5) is 5.69 Å². The summed E-state index contributed by atoms with van der Waals surface area (Å²) in [5.74, 6) is -0.0776. The van der Waals surface area contributed by atoms with E-state index >= 15 is 0 Å². The molecule has 0 radical (unpaired) electrons. The van der Waals surface area contributed by atoms with E-state index in [2.05, 4.69) is 5.32 Å². The predicted molar refractivity (Wildman–Crippen MR) is 81.8 cm³/mol. The molecule has 0 bridgehead atoms. The molecule has 1 fully saturated rings. The van der Waals surface area contributed by atoms with Crippen LogP contribution in [0.25, 0.3) is 0 Å². The van der Waals surface area contributed by atoms with Gasteiger partial charge in [-0.3, -0.25) is 14.9 Å². The van der Waals surface area contributed by atoms with E-state index in [4.69, 9.17) is 11.6 Å². The zero-order valence-corrected chi connectivity index (χ0v) is 12.8. The van der Waals surface area contributed by atoms with Gasteiger partial charge in [-0.1, -0.05) is 31.4 Å². The number of hydrogen-bond acceptors (Lipinski definition) is 3. The Morgan fingerprint density at radius 3 is 2.62 bits per heavy atom. The van der Waals surface area contributed by atoms with Crippen LogP contribution in [0.5, 0.6) is 0 Å². The average Bonchev–Trinajstić information content (AvgIpc) is 2.47. The van der Waals surface area contributed by atoms with Crippen LogP contribution in [-0.2, 0) is 0 Å². The Morgan fingerprint density at radius 2 is 2.05 bits per heavy atom. The standard InChI is InChI=1S/C15H19ClN2O3/c1-11-6-5-7-12(13(11)18(20)21)14(19)17-15(10-16)8-3-2-4-9-15/h5-7H,2-4,8-10H2,1H3,(H,17,19). The lowest BCUT2D eigenvalue weighted by atomic mass is 9.83. The Labute approximate surface area is 128 Å². The van der Waals surface area contributed by atoms with Crippen molar-refractivity contribution < 1.29 is 9.72 Å². The number of halogens is 1. The molecule has 0 unspecified atom stereocenters. The smallest absolute Gasteiger partial charge is 0.285 e. The quantitative estimate of drug-likeness (QED) is 0.525. The molecule has 21 heavy (non-hydrogen) atoms. The number of carbonyl (C=O) groups excluding carboxylic acids is 1. The molecule has 1 aliphatic carbocycles. The maximum Gasteiger partial charge on any atom is 0.285 e. The third-order valence-corrected chi connectivity index (χ3v) is 4.62. The highest BCUT2D eigenvalue weighted by molar-refractivity contribution is 6.19. The van der Waals surface area contributed by atoms with Crippen LogP contribution in [0.15, 0.2) is 18.2 Å². The van der Waals surface area contributed by atoms with Gasteiger partial charge in [0.2, 0.25) is 0 Å². The molecule has 0 spiro atoms. The van der Waals surface area contributed by atoms with Crippen LogP contribution in [0.1, 0.15) is 48.0 Å². The van der Waals surface area contributed by atoms with Gasteiger partial charge in [0.1, 0.15) is 5.56 Å². The summed E-state index contributed by atoms with van der Waals surface area (Å²) in [6.45, 7) is 1.63. The lowest BCUT2D eigenvalue weighted by Gasteiger charge is -2.36. The van der Waals surface area contributed by atoms with Crippen molar-refractivity contribution >= 4 is 23.2 Å². The number of carbonyl (C=O) groups is 1. The van der Waals surface area contributed by atoms with E-state index in [9.17, 15) is 14.9 Å². The molecule has 0 heterocycles. The molecule has 0 aliphatic heterocycles. The van der Waals surface area contributed by atoms with Crippen LogP contribution in [0, 0.1) is 17.0 Å². The van der Waals surface area contributed by atoms with Crippen LogP contribution in [0.2, 0.25) is 0 Å². The molecule has 1 N–H and O–H groups in total. The summed E-state index contributed by atoms with van der Waals surface area (Å²) in [5, 5.41) is 14.1. The van der Waals surface area contributed by atoms with Gasteiger partial charge in [-0.05, 0) is 25.8 Å². The highest BCUT2D eigenvalue weighted by Gasteiger charge is 2.34. The van der Waals surface area contributed by atoms with Crippen molar-refractivity contribution in [3.05, 3.63) is 39.4 Å². The van der Waals surface area contributed by atoms with Crippen LogP contribution < -0.4 is 5.32 Å². The number of benzene rings is 1. The number of rotatable bonds is 4. The number of amides is 1.